The van der Waals surface area contributed by atoms with Crippen LogP contribution in [0.1, 0.15) is 27.7 Å². The molecule has 1 aromatic heterocycles. The van der Waals surface area contributed by atoms with Gasteiger partial charge in [-0.15, -0.1) is 0 Å². The van der Waals surface area contributed by atoms with Crippen LogP contribution in [0.4, 0.5) is 0 Å². The van der Waals surface area contributed by atoms with Gasteiger partial charge in [-0.2, -0.15) is 4.72 Å². The number of pyridine rings is 1. The van der Waals surface area contributed by atoms with E-state index in [0.29, 0.717) is 0 Å². The SMILES string of the molecule is CC(NS(=O)(=O)c1cnc(Cl)c(Cl)c1)C(=O)NC(C)(C)C. The maximum atomic E-state index is 12.1. The third-order valence-electron chi connectivity index (χ3n) is 2.30. The molecule has 9 heteroatoms. The number of hydrogen-bond acceptors (Lipinski definition) is 4. The average Bonchev–Trinajstić information content (AvgIpc) is 2.29. The number of rotatable bonds is 4. The molecule has 21 heavy (non-hydrogen) atoms. The van der Waals surface area contributed by atoms with E-state index in [1.165, 1.54) is 13.0 Å². The maximum Gasteiger partial charge on any atom is 0.242 e. The molecule has 6 nitrogen and oxygen atoms in total. The Labute approximate surface area is 134 Å². The molecule has 0 radical (unpaired) electrons. The number of hydrogen-bond donors (Lipinski definition) is 2. The summed E-state index contributed by atoms with van der Waals surface area (Å²) >= 11 is 11.4. The molecule has 2 N–H and O–H groups in total. The fraction of sp³-hybridized carbons (Fsp3) is 0.500. The van der Waals surface area contributed by atoms with Gasteiger partial charge in [-0.3, -0.25) is 4.79 Å². The largest absolute Gasteiger partial charge is 0.350 e. The Balaban J connectivity index is 2.89. The number of carbonyl (C=O) groups is 1. The van der Waals surface area contributed by atoms with Crippen molar-refractivity contribution in [3.05, 3.63) is 22.4 Å². The van der Waals surface area contributed by atoms with Crippen LogP contribution in [0.25, 0.3) is 0 Å². The monoisotopic (exact) mass is 353 g/mol. The van der Waals surface area contributed by atoms with E-state index in [2.05, 4.69) is 15.0 Å². The fourth-order valence-corrected chi connectivity index (χ4v) is 2.89. The highest BCUT2D eigenvalue weighted by molar-refractivity contribution is 7.89. The first-order valence-corrected chi connectivity index (χ1v) is 8.32. The molecule has 0 fully saturated rings. The second-order valence-corrected chi connectivity index (χ2v) is 8.01. The molecule has 1 atom stereocenters. The smallest absolute Gasteiger partial charge is 0.242 e. The van der Waals surface area contributed by atoms with Gasteiger partial charge in [0, 0.05) is 11.7 Å². The summed E-state index contributed by atoms with van der Waals surface area (Å²) in [5.74, 6) is -0.431. The summed E-state index contributed by atoms with van der Waals surface area (Å²) in [6.45, 7) is 6.85. The lowest BCUT2D eigenvalue weighted by Gasteiger charge is -2.23. The van der Waals surface area contributed by atoms with E-state index in [1.54, 1.807) is 20.8 Å². The zero-order chi connectivity index (χ0) is 16.4. The third kappa shape index (κ3) is 5.43. The summed E-state index contributed by atoms with van der Waals surface area (Å²) in [4.78, 5) is 15.4. The van der Waals surface area contributed by atoms with E-state index in [9.17, 15) is 13.2 Å². The molecule has 1 amide bonds. The predicted octanol–water partition coefficient (Wildman–Crippen LogP) is 1.97. The lowest BCUT2D eigenvalue weighted by molar-refractivity contribution is -0.123. The number of sulfonamides is 1. The van der Waals surface area contributed by atoms with Gasteiger partial charge in [0.25, 0.3) is 0 Å². The molecule has 0 bridgehead atoms. The molecule has 0 aliphatic carbocycles. The molecule has 1 aromatic rings. The summed E-state index contributed by atoms with van der Waals surface area (Å²) in [5, 5.41) is 2.71. The molecular formula is C12H17Cl2N3O3S. The normalized spacial score (nSPS) is 13.8. The molecule has 0 aliphatic rings. The lowest BCUT2D eigenvalue weighted by Crippen LogP contribution is -2.50. The summed E-state index contributed by atoms with van der Waals surface area (Å²) in [7, 11) is -3.92. The standard InChI is InChI=1S/C12H17Cl2N3O3S/c1-7(11(18)16-12(2,3)4)17-21(19,20)8-5-9(13)10(14)15-6-8/h5-7,17H,1-4H3,(H,16,18). The number of carbonyl (C=O) groups excluding carboxylic acids is 1. The van der Waals surface area contributed by atoms with Gasteiger partial charge in [-0.25, -0.2) is 13.4 Å². The molecule has 1 unspecified atom stereocenters. The molecule has 118 valence electrons. The van der Waals surface area contributed by atoms with Gasteiger partial charge in [0.2, 0.25) is 15.9 Å². The van der Waals surface area contributed by atoms with Crippen LogP contribution in [0, 0.1) is 0 Å². The average molecular weight is 354 g/mol. The van der Waals surface area contributed by atoms with E-state index in [0.717, 1.165) is 6.20 Å². The Morgan fingerprint density at radius 3 is 2.38 bits per heavy atom. The first-order chi connectivity index (χ1) is 9.42. The van der Waals surface area contributed by atoms with Gasteiger partial charge in [-0.05, 0) is 33.8 Å². The van der Waals surface area contributed by atoms with Gasteiger partial charge >= 0.3 is 0 Å². The van der Waals surface area contributed by atoms with Gasteiger partial charge < -0.3 is 5.32 Å². The Morgan fingerprint density at radius 2 is 1.90 bits per heavy atom. The highest BCUT2D eigenvalue weighted by atomic mass is 35.5. The summed E-state index contributed by atoms with van der Waals surface area (Å²) < 4.78 is 26.5. The molecular weight excluding hydrogens is 337 g/mol. The first-order valence-electron chi connectivity index (χ1n) is 6.08. The molecule has 0 saturated heterocycles. The highest BCUT2D eigenvalue weighted by Gasteiger charge is 2.25. The minimum Gasteiger partial charge on any atom is -0.350 e. The minimum atomic E-state index is -3.92. The van der Waals surface area contributed by atoms with E-state index >= 15 is 0 Å². The maximum absolute atomic E-state index is 12.1. The van der Waals surface area contributed by atoms with Crippen molar-refractivity contribution < 1.29 is 13.2 Å². The topological polar surface area (TPSA) is 88.2 Å². The number of amides is 1. The summed E-state index contributed by atoms with van der Waals surface area (Å²) in [6, 6.07) is 0.233. The van der Waals surface area contributed by atoms with Crippen molar-refractivity contribution in [1.82, 2.24) is 15.0 Å². The number of halogens is 2. The Kier molecular flexibility index (Phi) is 5.60. The second kappa shape index (κ2) is 6.48. The lowest BCUT2D eigenvalue weighted by atomic mass is 10.1. The summed E-state index contributed by atoms with van der Waals surface area (Å²) in [6.07, 6.45) is 1.07. The number of nitrogens with one attached hydrogen (secondary N) is 2. The number of aromatic nitrogens is 1. The van der Waals surface area contributed by atoms with Crippen LogP contribution in [0.5, 0.6) is 0 Å². The first kappa shape index (κ1) is 18.2. The van der Waals surface area contributed by atoms with Crippen molar-refractivity contribution in [1.29, 1.82) is 0 Å². The van der Waals surface area contributed by atoms with Crippen LogP contribution in [0.2, 0.25) is 10.2 Å². The molecule has 0 spiro atoms. The van der Waals surface area contributed by atoms with Gasteiger partial charge in [0.1, 0.15) is 10.0 Å². The minimum absolute atomic E-state index is 0.00846. The molecule has 1 heterocycles. The van der Waals surface area contributed by atoms with Crippen molar-refractivity contribution in [2.24, 2.45) is 0 Å². The van der Waals surface area contributed by atoms with E-state index in [4.69, 9.17) is 23.2 Å². The van der Waals surface area contributed by atoms with Crippen LogP contribution in [0.15, 0.2) is 17.2 Å². The molecule has 0 saturated carbocycles. The van der Waals surface area contributed by atoms with E-state index in [-0.39, 0.29) is 15.1 Å². The Hall–Kier alpha value is -0.890. The van der Waals surface area contributed by atoms with E-state index < -0.39 is 27.5 Å². The van der Waals surface area contributed by atoms with Gasteiger partial charge in [0.05, 0.1) is 11.1 Å². The van der Waals surface area contributed by atoms with E-state index in [1.807, 2.05) is 0 Å². The zero-order valence-electron chi connectivity index (χ0n) is 12.1. The van der Waals surface area contributed by atoms with Crippen LogP contribution in [0.3, 0.4) is 0 Å². The van der Waals surface area contributed by atoms with Crippen LogP contribution >= 0.6 is 23.2 Å². The van der Waals surface area contributed by atoms with Crippen molar-refractivity contribution >= 4 is 39.1 Å². The zero-order valence-corrected chi connectivity index (χ0v) is 14.4. The molecule has 0 aliphatic heterocycles. The van der Waals surface area contributed by atoms with Gasteiger partial charge in [-0.1, -0.05) is 23.2 Å². The highest BCUT2D eigenvalue weighted by Crippen LogP contribution is 2.22. The molecule has 0 aromatic carbocycles. The quantitative estimate of drug-likeness (QED) is 0.810. The van der Waals surface area contributed by atoms with Crippen LogP contribution in [-0.2, 0) is 14.8 Å². The second-order valence-electron chi connectivity index (χ2n) is 5.53. The van der Waals surface area contributed by atoms with Crippen molar-refractivity contribution in [2.75, 3.05) is 0 Å². The van der Waals surface area contributed by atoms with Crippen molar-refractivity contribution in [3.63, 3.8) is 0 Å². The van der Waals surface area contributed by atoms with Gasteiger partial charge in [0.15, 0.2) is 0 Å². The summed E-state index contributed by atoms with van der Waals surface area (Å²) in [5.41, 5.74) is -0.456. The van der Waals surface area contributed by atoms with Crippen molar-refractivity contribution in [2.45, 2.75) is 44.2 Å². The van der Waals surface area contributed by atoms with Crippen molar-refractivity contribution in [3.8, 4) is 0 Å². The molecule has 1 rings (SSSR count). The predicted molar refractivity (Wildman–Crippen MR) is 81.9 cm³/mol. The Morgan fingerprint density at radius 1 is 1.33 bits per heavy atom. The van der Waals surface area contributed by atoms with Crippen LogP contribution in [-0.4, -0.2) is 30.9 Å². The fourth-order valence-electron chi connectivity index (χ4n) is 1.38. The number of nitrogens with zero attached hydrogens (tertiary/aromatic N) is 1. The third-order valence-corrected chi connectivity index (χ3v) is 4.50. The Bertz CT molecular complexity index is 642. The van der Waals surface area contributed by atoms with Crippen LogP contribution < -0.4 is 10.0 Å².